The van der Waals surface area contributed by atoms with Gasteiger partial charge in [-0.25, -0.2) is 0 Å². The van der Waals surface area contributed by atoms with E-state index in [1.807, 2.05) is 6.07 Å². The van der Waals surface area contributed by atoms with Crippen LogP contribution in [0.1, 0.15) is 10.4 Å². The van der Waals surface area contributed by atoms with Gasteiger partial charge in [-0.2, -0.15) is 0 Å². The van der Waals surface area contributed by atoms with Gasteiger partial charge in [-0.05, 0) is 0 Å². The zero-order valence-corrected chi connectivity index (χ0v) is 9.92. The van der Waals surface area contributed by atoms with Crippen molar-refractivity contribution in [3.8, 4) is 5.75 Å². The molecule has 0 fully saturated rings. The minimum absolute atomic E-state index is 0. The van der Waals surface area contributed by atoms with E-state index in [1.54, 1.807) is 18.2 Å². The molecule has 0 atom stereocenters. The molecule has 0 aliphatic carbocycles. The van der Waals surface area contributed by atoms with Crippen LogP contribution in [0, 0.1) is 0 Å². The zero-order valence-electron chi connectivity index (χ0n) is 6.03. The third kappa shape index (κ3) is 1.57. The summed E-state index contributed by atoms with van der Waals surface area (Å²) in [7, 11) is 0. The first kappa shape index (κ1) is 9.42. The van der Waals surface area contributed by atoms with Crippen LogP contribution in [-0.2, 0) is 2.81 Å². The van der Waals surface area contributed by atoms with Crippen molar-refractivity contribution >= 4 is 30.1 Å². The molecule has 0 bridgehead atoms. The number of fused-ring (bicyclic) bond motifs is 1. The molecule has 2 N–H and O–H groups in total. The predicted octanol–water partition coefficient (Wildman–Crippen LogP) is -0.322. The van der Waals surface area contributed by atoms with Gasteiger partial charge >= 0.3 is 76.1 Å². The summed E-state index contributed by atoms with van der Waals surface area (Å²) in [4.78, 5) is 11.0. The Bertz CT molecular complexity index is 299. The van der Waals surface area contributed by atoms with Crippen LogP contribution in [0.25, 0.3) is 0 Å². The maximum atomic E-state index is 11.0. The Labute approximate surface area is 81.6 Å². The fourth-order valence-electron chi connectivity index (χ4n) is 0.883. The Morgan fingerprint density at radius 1 is 1.17 bits per heavy atom. The number of hydrogen-bond donors (Lipinski definition) is 0. The van der Waals surface area contributed by atoms with Crippen LogP contribution in [0.15, 0.2) is 24.3 Å². The normalized spacial score (nSPS) is 13.5. The number of carbonyl (C=O) groups excluding carboxylic acids is 1. The average molecular weight is 364 g/mol. The summed E-state index contributed by atoms with van der Waals surface area (Å²) in [6.07, 6.45) is 0. The topological polar surface area (TPSA) is 67.0 Å². The molecule has 0 amide bonds. The van der Waals surface area contributed by atoms with Crippen molar-refractivity contribution in [3.63, 3.8) is 0 Å². The number of benzene rings is 1. The van der Waals surface area contributed by atoms with E-state index in [1.165, 1.54) is 0 Å². The molecular formula is C7H7BiO4. The summed E-state index contributed by atoms with van der Waals surface area (Å²) >= 11 is -1.55. The monoisotopic (exact) mass is 364 g/mol. The van der Waals surface area contributed by atoms with Crippen molar-refractivity contribution in [2.24, 2.45) is 0 Å². The number of para-hydroxylation sites is 1. The average Bonchev–Trinajstić information content (AvgIpc) is 2.06. The first-order valence-corrected chi connectivity index (χ1v) is 6.27. The molecule has 1 heterocycles. The van der Waals surface area contributed by atoms with Crippen LogP contribution in [0.4, 0.5) is 0 Å². The molecule has 1 aliphatic heterocycles. The molecule has 1 aromatic carbocycles. The van der Waals surface area contributed by atoms with Crippen LogP contribution in [-0.4, -0.2) is 35.6 Å². The van der Waals surface area contributed by atoms with Gasteiger partial charge in [0.15, 0.2) is 0 Å². The van der Waals surface area contributed by atoms with E-state index in [4.69, 9.17) is 5.63 Å². The molecule has 0 spiro atoms. The van der Waals surface area contributed by atoms with Crippen LogP contribution in [0.2, 0.25) is 0 Å². The molecule has 1 aromatic rings. The summed E-state index contributed by atoms with van der Waals surface area (Å²) in [6.45, 7) is 0. The van der Waals surface area contributed by atoms with Crippen molar-refractivity contribution in [1.29, 1.82) is 0 Å². The van der Waals surface area contributed by atoms with Crippen LogP contribution in [0.3, 0.4) is 0 Å². The number of carbonyl (C=O) groups is 1. The third-order valence-corrected chi connectivity index (χ3v) is 3.62. The van der Waals surface area contributed by atoms with Crippen molar-refractivity contribution in [1.82, 2.24) is 0 Å². The van der Waals surface area contributed by atoms with Gasteiger partial charge in [0.1, 0.15) is 0 Å². The van der Waals surface area contributed by atoms with E-state index in [2.05, 4.69) is 0 Å². The molecule has 0 saturated heterocycles. The fourth-order valence-corrected chi connectivity index (χ4v) is 2.81. The predicted molar refractivity (Wildman–Crippen MR) is 43.2 cm³/mol. The molecular weight excluding hydrogens is 357 g/mol. The second-order valence-corrected chi connectivity index (χ2v) is 4.31. The molecule has 12 heavy (non-hydrogen) atoms. The Hall–Kier alpha value is -0.667. The molecule has 0 unspecified atom stereocenters. The Morgan fingerprint density at radius 2 is 1.92 bits per heavy atom. The Balaban J connectivity index is 0.000000720. The van der Waals surface area contributed by atoms with E-state index in [-0.39, 0.29) is 11.4 Å². The second-order valence-electron chi connectivity index (χ2n) is 2.07. The van der Waals surface area contributed by atoms with Gasteiger partial charge in [0.05, 0.1) is 0 Å². The first-order chi connectivity index (χ1) is 5.38. The van der Waals surface area contributed by atoms with E-state index in [9.17, 15) is 4.79 Å². The van der Waals surface area contributed by atoms with Crippen molar-refractivity contribution in [2.45, 2.75) is 0 Å². The van der Waals surface area contributed by atoms with Crippen molar-refractivity contribution in [2.75, 3.05) is 0 Å². The number of hydrogen-bond acceptors (Lipinski definition) is 3. The summed E-state index contributed by atoms with van der Waals surface area (Å²) in [5.41, 5.74) is 0.547. The fraction of sp³-hybridized carbons (Fsp3) is 0. The van der Waals surface area contributed by atoms with Crippen LogP contribution in [0.5, 0.6) is 5.75 Å². The SMILES string of the molecule is O.O=C1[O][BiH][O]c2ccccc21. The zero-order chi connectivity index (χ0) is 7.68. The Kier molecular flexibility index (Phi) is 3.01. The van der Waals surface area contributed by atoms with Gasteiger partial charge in [0.2, 0.25) is 0 Å². The van der Waals surface area contributed by atoms with E-state index < -0.39 is 24.1 Å². The van der Waals surface area contributed by atoms with Gasteiger partial charge in [0.25, 0.3) is 0 Å². The van der Waals surface area contributed by atoms with Gasteiger partial charge in [-0.15, -0.1) is 0 Å². The van der Waals surface area contributed by atoms with Crippen LogP contribution < -0.4 is 2.81 Å². The quantitative estimate of drug-likeness (QED) is 0.593. The molecule has 0 aromatic heterocycles. The van der Waals surface area contributed by atoms with Gasteiger partial charge in [-0.3, -0.25) is 0 Å². The number of rotatable bonds is 0. The van der Waals surface area contributed by atoms with E-state index in [0.29, 0.717) is 11.3 Å². The molecule has 0 saturated carbocycles. The summed E-state index contributed by atoms with van der Waals surface area (Å²) in [5.74, 6) is 0.460. The van der Waals surface area contributed by atoms with Crippen molar-refractivity contribution in [3.05, 3.63) is 29.8 Å². The second kappa shape index (κ2) is 3.83. The molecule has 64 valence electrons. The summed E-state index contributed by atoms with van der Waals surface area (Å²) < 4.78 is 10.1. The standard InChI is InChI=1S/C7H6O3.Bi.H2O.H/c8-6-4-2-1-3-5(6)7(9)10;;;/h1-4,8H,(H,9,10);;1H2;/q;+2;;/p-2. The van der Waals surface area contributed by atoms with Gasteiger partial charge in [0, 0.05) is 0 Å². The third-order valence-electron chi connectivity index (χ3n) is 1.39. The van der Waals surface area contributed by atoms with Crippen molar-refractivity contribution < 1.29 is 15.9 Å². The maximum absolute atomic E-state index is 11.0. The molecule has 5 heteroatoms. The Morgan fingerprint density at radius 3 is 2.67 bits per heavy atom. The van der Waals surface area contributed by atoms with Crippen LogP contribution >= 0.6 is 0 Å². The minimum atomic E-state index is -1.55. The van der Waals surface area contributed by atoms with E-state index >= 15 is 0 Å². The summed E-state index contributed by atoms with van der Waals surface area (Å²) in [6, 6.07) is 7.15. The molecule has 2 rings (SSSR count). The van der Waals surface area contributed by atoms with E-state index in [0.717, 1.165) is 0 Å². The molecule has 1 aliphatic rings. The molecule has 4 nitrogen and oxygen atoms in total. The summed E-state index contributed by atoms with van der Waals surface area (Å²) in [5, 5.41) is 0. The van der Waals surface area contributed by atoms with Gasteiger partial charge in [-0.1, -0.05) is 0 Å². The molecule has 0 radical (unpaired) electrons. The van der Waals surface area contributed by atoms with Gasteiger partial charge < -0.3 is 5.48 Å². The first-order valence-electron chi connectivity index (χ1n) is 3.10.